The van der Waals surface area contributed by atoms with Crippen molar-refractivity contribution < 1.29 is 4.74 Å². The lowest BCUT2D eigenvalue weighted by Crippen LogP contribution is -2.15. The van der Waals surface area contributed by atoms with Crippen LogP contribution in [0.25, 0.3) is 11.4 Å². The van der Waals surface area contributed by atoms with Crippen molar-refractivity contribution in [2.24, 2.45) is 11.8 Å². The Morgan fingerprint density at radius 1 is 0.649 bits per heavy atom. The van der Waals surface area contributed by atoms with Crippen LogP contribution in [0.2, 0.25) is 0 Å². The largest absolute Gasteiger partial charge is 0.490 e. The molecule has 1 heterocycles. The van der Waals surface area contributed by atoms with Gasteiger partial charge in [0.2, 0.25) is 0 Å². The summed E-state index contributed by atoms with van der Waals surface area (Å²) in [7, 11) is 0. The first-order valence-corrected chi connectivity index (χ1v) is 15.8. The summed E-state index contributed by atoms with van der Waals surface area (Å²) < 4.78 is 5.85. The summed E-state index contributed by atoms with van der Waals surface area (Å²) in [6, 6.07) is 8.90. The Bertz CT molecular complexity index is 809. The third-order valence-corrected chi connectivity index (χ3v) is 8.38. The zero-order valence-corrected chi connectivity index (χ0v) is 24.1. The Morgan fingerprint density at radius 3 is 1.81 bits per heavy atom. The van der Waals surface area contributed by atoms with E-state index in [1.807, 2.05) is 12.4 Å². The highest BCUT2D eigenvalue weighted by molar-refractivity contribution is 5.55. The van der Waals surface area contributed by atoms with Crippen molar-refractivity contribution in [1.29, 1.82) is 0 Å². The second kappa shape index (κ2) is 18.4. The van der Waals surface area contributed by atoms with Crippen LogP contribution in [-0.2, 0) is 6.42 Å². The lowest BCUT2D eigenvalue weighted by atomic mass is 9.77. The highest BCUT2D eigenvalue weighted by Gasteiger charge is 2.20. The predicted octanol–water partition coefficient (Wildman–Crippen LogP) is 10.4. The summed E-state index contributed by atoms with van der Waals surface area (Å²) in [6.45, 7) is 5.32. The van der Waals surface area contributed by atoms with Gasteiger partial charge in [-0.1, -0.05) is 141 Å². The van der Waals surface area contributed by atoms with Crippen LogP contribution in [0.3, 0.4) is 0 Å². The molecule has 1 saturated carbocycles. The molecule has 0 amide bonds. The summed E-state index contributed by atoms with van der Waals surface area (Å²) in [6.07, 6.45) is 29.6. The first-order chi connectivity index (χ1) is 18.3. The van der Waals surface area contributed by atoms with Gasteiger partial charge in [0, 0.05) is 5.56 Å². The molecule has 1 fully saturated rings. The zero-order chi connectivity index (χ0) is 26.0. The summed E-state index contributed by atoms with van der Waals surface area (Å²) in [5.41, 5.74) is 2.53. The number of ether oxygens (including phenoxy) is 1. The second-order valence-electron chi connectivity index (χ2n) is 11.5. The van der Waals surface area contributed by atoms with Crippen molar-refractivity contribution in [3.8, 4) is 17.1 Å². The minimum absolute atomic E-state index is 0.756. The molecule has 0 bridgehead atoms. The standard InChI is InChI=1S/C34H54N2O/c1-3-5-7-9-10-12-14-26-37-33-27-35-34(36-28-33)32-24-22-31(23-25-32)21-20-30-18-16-29(17-19-30)15-13-11-8-6-4-2/h22-25,27-30H,3-21,26H2,1-2H3/t29-,30-. The van der Waals surface area contributed by atoms with Gasteiger partial charge in [0.1, 0.15) is 0 Å². The molecule has 1 aromatic heterocycles. The SMILES string of the molecule is CCCCCCCCCOc1cnc(-c2ccc(CC[C@H]3CC[C@H](CCCCCCC)CC3)cc2)nc1. The molecule has 3 heteroatoms. The normalized spacial score (nSPS) is 17.7. The quantitative estimate of drug-likeness (QED) is 0.178. The van der Waals surface area contributed by atoms with Crippen molar-refractivity contribution in [3.63, 3.8) is 0 Å². The predicted molar refractivity (Wildman–Crippen MR) is 158 cm³/mol. The van der Waals surface area contributed by atoms with Crippen molar-refractivity contribution >= 4 is 0 Å². The highest BCUT2D eigenvalue weighted by Crippen LogP contribution is 2.34. The van der Waals surface area contributed by atoms with Gasteiger partial charge in [-0.2, -0.15) is 0 Å². The van der Waals surface area contributed by atoms with Crippen LogP contribution in [0.1, 0.15) is 135 Å². The third kappa shape index (κ3) is 12.0. The molecular formula is C34H54N2O. The number of rotatable bonds is 19. The van der Waals surface area contributed by atoms with Crippen molar-refractivity contribution in [2.75, 3.05) is 6.61 Å². The van der Waals surface area contributed by atoms with Gasteiger partial charge in [-0.15, -0.1) is 0 Å². The first-order valence-electron chi connectivity index (χ1n) is 15.8. The van der Waals surface area contributed by atoms with Gasteiger partial charge in [-0.25, -0.2) is 9.97 Å². The van der Waals surface area contributed by atoms with Crippen molar-refractivity contribution in [1.82, 2.24) is 9.97 Å². The van der Waals surface area contributed by atoms with Crippen LogP contribution in [0, 0.1) is 11.8 Å². The molecule has 0 atom stereocenters. The first kappa shape index (κ1) is 29.7. The van der Waals surface area contributed by atoms with Crippen LogP contribution in [0.4, 0.5) is 0 Å². The molecule has 1 aliphatic rings. The summed E-state index contributed by atoms with van der Waals surface area (Å²) >= 11 is 0. The average Bonchev–Trinajstić information content (AvgIpc) is 2.94. The Kier molecular flexibility index (Phi) is 14.7. The lowest BCUT2D eigenvalue weighted by molar-refractivity contribution is 0.248. The van der Waals surface area contributed by atoms with E-state index in [1.54, 1.807) is 0 Å². The van der Waals surface area contributed by atoms with Crippen molar-refractivity contribution in [2.45, 2.75) is 136 Å². The molecule has 2 aromatic rings. The molecule has 3 rings (SSSR count). The van der Waals surface area contributed by atoms with Crippen molar-refractivity contribution in [3.05, 3.63) is 42.2 Å². The Labute approximate surface area is 228 Å². The van der Waals surface area contributed by atoms with Crippen LogP contribution in [-0.4, -0.2) is 16.6 Å². The van der Waals surface area contributed by atoms with E-state index >= 15 is 0 Å². The summed E-state index contributed by atoms with van der Waals surface area (Å²) in [4.78, 5) is 9.11. The molecular weight excluding hydrogens is 452 g/mol. The van der Waals surface area contributed by atoms with E-state index in [0.29, 0.717) is 0 Å². The van der Waals surface area contributed by atoms with E-state index < -0.39 is 0 Å². The molecule has 3 nitrogen and oxygen atoms in total. The van der Waals surface area contributed by atoms with E-state index in [-0.39, 0.29) is 0 Å². The smallest absolute Gasteiger partial charge is 0.159 e. The van der Waals surface area contributed by atoms with Gasteiger partial charge in [-0.05, 0) is 36.7 Å². The second-order valence-corrected chi connectivity index (χ2v) is 11.5. The number of nitrogens with zero attached hydrogens (tertiary/aromatic N) is 2. The molecule has 0 N–H and O–H groups in total. The Balaban J connectivity index is 1.29. The minimum atomic E-state index is 0.756. The number of aryl methyl sites for hydroxylation is 1. The van der Waals surface area contributed by atoms with E-state index in [1.165, 1.54) is 121 Å². The van der Waals surface area contributed by atoms with E-state index in [4.69, 9.17) is 4.74 Å². The Hall–Kier alpha value is -1.90. The molecule has 0 spiro atoms. The van der Waals surface area contributed by atoms with Gasteiger partial charge >= 0.3 is 0 Å². The average molecular weight is 507 g/mol. The molecule has 0 aliphatic heterocycles. The monoisotopic (exact) mass is 506 g/mol. The zero-order valence-electron chi connectivity index (χ0n) is 24.1. The van der Waals surface area contributed by atoms with E-state index in [0.717, 1.165) is 42.0 Å². The fourth-order valence-corrected chi connectivity index (χ4v) is 5.83. The minimum Gasteiger partial charge on any atom is -0.490 e. The van der Waals surface area contributed by atoms with E-state index in [9.17, 15) is 0 Å². The molecule has 0 unspecified atom stereocenters. The third-order valence-electron chi connectivity index (χ3n) is 8.38. The maximum atomic E-state index is 5.85. The number of unbranched alkanes of at least 4 members (excludes halogenated alkanes) is 10. The molecule has 1 aromatic carbocycles. The Morgan fingerprint density at radius 2 is 1.19 bits per heavy atom. The lowest BCUT2D eigenvalue weighted by Gasteiger charge is -2.28. The number of hydrogen-bond donors (Lipinski definition) is 0. The molecule has 1 aliphatic carbocycles. The highest BCUT2D eigenvalue weighted by atomic mass is 16.5. The summed E-state index contributed by atoms with van der Waals surface area (Å²) in [5.74, 6) is 3.49. The maximum absolute atomic E-state index is 5.85. The van der Waals surface area contributed by atoms with Gasteiger partial charge in [0.05, 0.1) is 19.0 Å². The molecule has 206 valence electrons. The van der Waals surface area contributed by atoms with Crippen LogP contribution >= 0.6 is 0 Å². The molecule has 0 saturated heterocycles. The maximum Gasteiger partial charge on any atom is 0.159 e. The summed E-state index contributed by atoms with van der Waals surface area (Å²) in [5, 5.41) is 0. The van der Waals surface area contributed by atoms with E-state index in [2.05, 4.69) is 48.1 Å². The molecule has 0 radical (unpaired) electrons. The van der Waals surface area contributed by atoms with Gasteiger partial charge in [-0.3, -0.25) is 0 Å². The number of aromatic nitrogens is 2. The van der Waals surface area contributed by atoms with Gasteiger partial charge < -0.3 is 4.74 Å². The topological polar surface area (TPSA) is 35.0 Å². The fraction of sp³-hybridized carbons (Fsp3) is 0.706. The van der Waals surface area contributed by atoms with Crippen LogP contribution in [0.5, 0.6) is 5.75 Å². The van der Waals surface area contributed by atoms with Crippen LogP contribution < -0.4 is 4.74 Å². The number of benzene rings is 1. The van der Waals surface area contributed by atoms with Gasteiger partial charge in [0.25, 0.3) is 0 Å². The van der Waals surface area contributed by atoms with Crippen LogP contribution in [0.15, 0.2) is 36.7 Å². The fourth-order valence-electron chi connectivity index (χ4n) is 5.83. The van der Waals surface area contributed by atoms with Gasteiger partial charge in [0.15, 0.2) is 11.6 Å². The number of hydrogen-bond acceptors (Lipinski definition) is 3. The molecule has 37 heavy (non-hydrogen) atoms.